The van der Waals surface area contributed by atoms with E-state index in [1.165, 1.54) is 4.88 Å². The number of nitrogens with zero attached hydrogens (tertiary/aromatic N) is 1. The largest absolute Gasteiger partial charge is 0.349 e. The van der Waals surface area contributed by atoms with Gasteiger partial charge in [-0.1, -0.05) is 20.3 Å². The summed E-state index contributed by atoms with van der Waals surface area (Å²) in [5.74, 6) is 0.188. The lowest BCUT2D eigenvalue weighted by Crippen LogP contribution is -2.42. The molecule has 1 aliphatic heterocycles. The van der Waals surface area contributed by atoms with E-state index < -0.39 is 0 Å². The summed E-state index contributed by atoms with van der Waals surface area (Å²) in [5.41, 5.74) is -0.195. The molecule has 2 N–H and O–H groups in total. The summed E-state index contributed by atoms with van der Waals surface area (Å²) in [6.45, 7) is 6.59. The van der Waals surface area contributed by atoms with Crippen LogP contribution in [0.3, 0.4) is 0 Å². The van der Waals surface area contributed by atoms with Crippen molar-refractivity contribution in [2.24, 2.45) is 5.41 Å². The minimum atomic E-state index is -0.195. The first-order valence-corrected chi connectivity index (χ1v) is 7.94. The van der Waals surface area contributed by atoms with Crippen LogP contribution in [0.4, 0.5) is 0 Å². The van der Waals surface area contributed by atoms with Gasteiger partial charge in [0.2, 0.25) is 5.91 Å². The lowest BCUT2D eigenvalue weighted by atomic mass is 9.81. The summed E-state index contributed by atoms with van der Waals surface area (Å²) in [7, 11) is 0. The van der Waals surface area contributed by atoms with Crippen LogP contribution in [-0.2, 0) is 17.8 Å². The molecule has 5 heteroatoms. The van der Waals surface area contributed by atoms with Crippen LogP contribution in [-0.4, -0.2) is 24.0 Å². The summed E-state index contributed by atoms with van der Waals surface area (Å²) in [6, 6.07) is 0. The number of carbonyl (C=O) groups excluding carboxylic acids is 1. The fourth-order valence-corrected chi connectivity index (χ4v) is 3.48. The Labute approximate surface area is 119 Å². The molecular formula is C14H23N3OS. The van der Waals surface area contributed by atoms with Gasteiger partial charge in [0.25, 0.3) is 0 Å². The molecule has 1 aromatic heterocycles. The van der Waals surface area contributed by atoms with Crippen LogP contribution in [0, 0.1) is 5.41 Å². The molecule has 0 radical (unpaired) electrons. The maximum Gasteiger partial charge on any atom is 0.227 e. The molecule has 1 saturated heterocycles. The lowest BCUT2D eigenvalue weighted by Gasteiger charge is -2.26. The second-order valence-electron chi connectivity index (χ2n) is 5.21. The van der Waals surface area contributed by atoms with Crippen molar-refractivity contribution in [3.05, 3.63) is 16.1 Å². The number of rotatable bonds is 6. The molecule has 1 atom stereocenters. The van der Waals surface area contributed by atoms with Crippen LogP contribution in [0.5, 0.6) is 0 Å². The maximum atomic E-state index is 12.4. The van der Waals surface area contributed by atoms with Gasteiger partial charge in [0, 0.05) is 17.6 Å². The maximum absolute atomic E-state index is 12.4. The van der Waals surface area contributed by atoms with Crippen molar-refractivity contribution in [3.8, 4) is 0 Å². The Morgan fingerprint density at radius 1 is 1.58 bits per heavy atom. The van der Waals surface area contributed by atoms with E-state index in [-0.39, 0.29) is 11.3 Å². The average Bonchev–Trinajstić information content (AvgIpc) is 3.05. The smallest absolute Gasteiger partial charge is 0.227 e. The molecule has 2 heterocycles. The van der Waals surface area contributed by atoms with Crippen molar-refractivity contribution in [1.29, 1.82) is 0 Å². The van der Waals surface area contributed by atoms with Gasteiger partial charge in [0.1, 0.15) is 5.01 Å². The van der Waals surface area contributed by atoms with E-state index >= 15 is 0 Å². The van der Waals surface area contributed by atoms with E-state index in [1.54, 1.807) is 11.3 Å². The van der Waals surface area contributed by atoms with E-state index in [1.807, 2.05) is 6.20 Å². The molecule has 1 fully saturated rings. The molecule has 4 nitrogen and oxygen atoms in total. The minimum Gasteiger partial charge on any atom is -0.349 e. The van der Waals surface area contributed by atoms with Gasteiger partial charge < -0.3 is 10.6 Å². The van der Waals surface area contributed by atoms with Crippen LogP contribution in [0.1, 0.15) is 43.0 Å². The molecule has 2 rings (SSSR count). The molecule has 0 spiro atoms. The van der Waals surface area contributed by atoms with E-state index in [9.17, 15) is 4.79 Å². The first-order valence-electron chi connectivity index (χ1n) is 7.13. The number of carbonyl (C=O) groups is 1. The fraction of sp³-hybridized carbons (Fsp3) is 0.714. The Bertz CT molecular complexity index is 424. The molecule has 106 valence electrons. The zero-order chi connectivity index (χ0) is 13.7. The number of aromatic nitrogens is 1. The van der Waals surface area contributed by atoms with Gasteiger partial charge in [-0.2, -0.15) is 0 Å². The molecule has 0 aliphatic carbocycles. The molecule has 0 bridgehead atoms. The van der Waals surface area contributed by atoms with Crippen molar-refractivity contribution < 1.29 is 4.79 Å². The standard InChI is InChI=1S/C14H23N3OS/c1-3-5-14(6-7-15-10-14)13(18)17-9-12-16-8-11(4-2)19-12/h8,15H,3-7,9-10H2,1-2H3,(H,17,18). The lowest BCUT2D eigenvalue weighted by molar-refractivity contribution is -0.130. The van der Waals surface area contributed by atoms with Crippen LogP contribution in [0.15, 0.2) is 6.20 Å². The average molecular weight is 281 g/mol. The summed E-state index contributed by atoms with van der Waals surface area (Å²) >= 11 is 1.69. The monoisotopic (exact) mass is 281 g/mol. The van der Waals surface area contributed by atoms with Crippen molar-refractivity contribution >= 4 is 17.2 Å². The molecule has 0 aromatic carbocycles. The van der Waals surface area contributed by atoms with E-state index in [0.29, 0.717) is 6.54 Å². The highest BCUT2D eigenvalue weighted by Gasteiger charge is 2.39. The summed E-state index contributed by atoms with van der Waals surface area (Å²) < 4.78 is 0. The topological polar surface area (TPSA) is 54.0 Å². The molecule has 1 amide bonds. The van der Waals surface area contributed by atoms with Crippen LogP contribution in [0.25, 0.3) is 0 Å². The number of amides is 1. The van der Waals surface area contributed by atoms with Gasteiger partial charge >= 0.3 is 0 Å². The van der Waals surface area contributed by atoms with Gasteiger partial charge in [-0.05, 0) is 25.8 Å². The Hall–Kier alpha value is -0.940. The summed E-state index contributed by atoms with van der Waals surface area (Å²) in [6.07, 6.45) is 5.88. The van der Waals surface area contributed by atoms with Crippen LogP contribution < -0.4 is 10.6 Å². The number of nitrogens with one attached hydrogen (secondary N) is 2. The normalized spacial score (nSPS) is 22.6. The van der Waals surface area contributed by atoms with E-state index in [0.717, 1.165) is 43.8 Å². The number of thiazole rings is 1. The SMILES string of the molecule is CCCC1(C(=O)NCc2ncc(CC)s2)CCNC1. The first-order chi connectivity index (χ1) is 9.20. The molecule has 1 aliphatic rings. The first kappa shape index (κ1) is 14.5. The number of aryl methyl sites for hydroxylation is 1. The number of hydrogen-bond donors (Lipinski definition) is 2. The number of hydrogen-bond acceptors (Lipinski definition) is 4. The fourth-order valence-electron chi connectivity index (χ4n) is 2.68. The van der Waals surface area contributed by atoms with Crippen LogP contribution in [0.2, 0.25) is 0 Å². The quantitative estimate of drug-likeness (QED) is 0.839. The molecule has 1 aromatic rings. The van der Waals surface area contributed by atoms with Crippen molar-refractivity contribution in [2.75, 3.05) is 13.1 Å². The Morgan fingerprint density at radius 2 is 2.42 bits per heavy atom. The van der Waals surface area contributed by atoms with Gasteiger partial charge in [-0.25, -0.2) is 4.98 Å². The van der Waals surface area contributed by atoms with E-state index in [2.05, 4.69) is 29.5 Å². The van der Waals surface area contributed by atoms with Crippen LogP contribution >= 0.6 is 11.3 Å². The third kappa shape index (κ3) is 3.34. The Kier molecular flexibility index (Phi) is 4.93. The zero-order valence-electron chi connectivity index (χ0n) is 11.8. The molecule has 19 heavy (non-hydrogen) atoms. The zero-order valence-corrected chi connectivity index (χ0v) is 12.6. The second kappa shape index (κ2) is 6.48. The van der Waals surface area contributed by atoms with Crippen molar-refractivity contribution in [2.45, 2.75) is 46.1 Å². The highest BCUT2D eigenvalue weighted by molar-refractivity contribution is 7.11. The summed E-state index contributed by atoms with van der Waals surface area (Å²) in [4.78, 5) is 18.0. The van der Waals surface area contributed by atoms with Gasteiger partial charge in [0.05, 0.1) is 12.0 Å². The molecule has 0 saturated carbocycles. The third-order valence-corrected chi connectivity index (χ3v) is 4.95. The predicted molar refractivity (Wildman–Crippen MR) is 78.2 cm³/mol. The molecular weight excluding hydrogens is 258 g/mol. The van der Waals surface area contributed by atoms with Crippen molar-refractivity contribution in [1.82, 2.24) is 15.6 Å². The second-order valence-corrected chi connectivity index (χ2v) is 6.41. The van der Waals surface area contributed by atoms with Gasteiger partial charge in [-0.3, -0.25) is 4.79 Å². The summed E-state index contributed by atoms with van der Waals surface area (Å²) in [5, 5.41) is 7.39. The minimum absolute atomic E-state index is 0.188. The Morgan fingerprint density at radius 3 is 3.00 bits per heavy atom. The molecule has 1 unspecified atom stereocenters. The van der Waals surface area contributed by atoms with Gasteiger partial charge in [-0.15, -0.1) is 11.3 Å². The highest BCUT2D eigenvalue weighted by Crippen LogP contribution is 2.31. The van der Waals surface area contributed by atoms with E-state index in [4.69, 9.17) is 0 Å². The highest BCUT2D eigenvalue weighted by atomic mass is 32.1. The van der Waals surface area contributed by atoms with Crippen molar-refractivity contribution in [3.63, 3.8) is 0 Å². The predicted octanol–water partition coefficient (Wildman–Crippen LogP) is 2.10. The Balaban J connectivity index is 1.92. The van der Waals surface area contributed by atoms with Gasteiger partial charge in [0.15, 0.2) is 0 Å². The third-order valence-electron chi connectivity index (χ3n) is 3.80.